The predicted octanol–water partition coefficient (Wildman–Crippen LogP) is 6.80. The summed E-state index contributed by atoms with van der Waals surface area (Å²) in [6.45, 7) is 1.73. The van der Waals surface area contributed by atoms with E-state index in [1.807, 2.05) is 0 Å². The zero-order valence-corrected chi connectivity index (χ0v) is 18.3. The summed E-state index contributed by atoms with van der Waals surface area (Å²) in [5.74, 6) is -32.4. The highest BCUT2D eigenvalue weighted by Gasteiger charge is 2.41. The molecule has 0 aliphatic carbocycles. The average molecular weight is 548 g/mol. The SMILES string of the molecule is Cc1c(F)c(F)c(F)c(OB(Oc2c(F)c(C)c(F)c(F)c2F)Oc2c(F)c(C)c(F)c(F)c2F)c1F. The van der Waals surface area contributed by atoms with Gasteiger partial charge in [-0.25, -0.2) is 39.5 Å². The molecule has 3 nitrogen and oxygen atoms in total. The third-order valence-corrected chi connectivity index (χ3v) is 4.97. The Morgan fingerprint density at radius 1 is 0.324 bits per heavy atom. The highest BCUT2D eigenvalue weighted by atomic mass is 19.2. The molecular formula is C21H9BF12O3. The summed E-state index contributed by atoms with van der Waals surface area (Å²) in [5, 5.41) is 0. The molecule has 0 spiro atoms. The van der Waals surface area contributed by atoms with Crippen LogP contribution < -0.4 is 14.0 Å². The molecule has 0 saturated carbocycles. The van der Waals surface area contributed by atoms with Crippen molar-refractivity contribution in [3.05, 3.63) is 86.5 Å². The number of hydrogen-bond donors (Lipinski definition) is 0. The van der Waals surface area contributed by atoms with Gasteiger partial charge in [-0.1, -0.05) is 0 Å². The van der Waals surface area contributed by atoms with E-state index in [0.29, 0.717) is 20.8 Å². The molecule has 198 valence electrons. The molecule has 3 rings (SSSR count). The van der Waals surface area contributed by atoms with Crippen LogP contribution in [0, 0.1) is 90.6 Å². The second-order valence-electron chi connectivity index (χ2n) is 7.27. The summed E-state index contributed by atoms with van der Waals surface area (Å²) in [4.78, 5) is 0. The minimum Gasteiger partial charge on any atom is -0.484 e. The Balaban J connectivity index is 2.22. The standard InChI is InChI=1S/C21H9BF12O3/c1-4-7(23)13(29)16(32)19(10(4)26)35-22(36-20-11(27)5(2)8(24)14(30)17(20)33)37-21-12(28)6(3)9(25)15(31)18(21)34/h1-3H3. The zero-order chi connectivity index (χ0) is 28.1. The first-order valence-corrected chi connectivity index (χ1v) is 9.59. The first-order valence-electron chi connectivity index (χ1n) is 9.59. The summed E-state index contributed by atoms with van der Waals surface area (Å²) in [6.07, 6.45) is 0. The minimum absolute atomic E-state index is 0.576. The number of benzene rings is 3. The van der Waals surface area contributed by atoms with Crippen molar-refractivity contribution in [2.24, 2.45) is 0 Å². The van der Waals surface area contributed by atoms with Crippen molar-refractivity contribution in [3.63, 3.8) is 0 Å². The van der Waals surface area contributed by atoms with Crippen LogP contribution in [0.5, 0.6) is 17.2 Å². The fraction of sp³-hybridized carbons (Fsp3) is 0.143. The molecule has 0 atom stereocenters. The van der Waals surface area contributed by atoms with Crippen LogP contribution in [-0.2, 0) is 0 Å². The molecule has 0 N–H and O–H groups in total. The van der Waals surface area contributed by atoms with Crippen molar-refractivity contribution in [2.75, 3.05) is 0 Å². The van der Waals surface area contributed by atoms with Gasteiger partial charge in [-0.2, -0.15) is 13.2 Å². The van der Waals surface area contributed by atoms with Gasteiger partial charge in [0.15, 0.2) is 69.6 Å². The van der Waals surface area contributed by atoms with E-state index in [-0.39, 0.29) is 0 Å². The lowest BCUT2D eigenvalue weighted by molar-refractivity contribution is 0.256. The van der Waals surface area contributed by atoms with Crippen LogP contribution in [0.1, 0.15) is 16.7 Å². The van der Waals surface area contributed by atoms with Crippen LogP contribution in [-0.4, -0.2) is 7.32 Å². The fourth-order valence-electron chi connectivity index (χ4n) is 2.84. The highest BCUT2D eigenvalue weighted by molar-refractivity contribution is 6.39. The van der Waals surface area contributed by atoms with Gasteiger partial charge in [0, 0.05) is 16.7 Å². The fourth-order valence-corrected chi connectivity index (χ4v) is 2.84. The Labute approximate surface area is 199 Å². The lowest BCUT2D eigenvalue weighted by Crippen LogP contribution is -2.39. The Bertz CT molecular complexity index is 1170. The summed E-state index contributed by atoms with van der Waals surface area (Å²) >= 11 is 0. The van der Waals surface area contributed by atoms with E-state index in [4.69, 9.17) is 0 Å². The van der Waals surface area contributed by atoms with Crippen molar-refractivity contribution in [1.29, 1.82) is 0 Å². The molecule has 0 unspecified atom stereocenters. The zero-order valence-electron chi connectivity index (χ0n) is 18.3. The van der Waals surface area contributed by atoms with Gasteiger partial charge in [0.05, 0.1) is 0 Å². The van der Waals surface area contributed by atoms with E-state index in [2.05, 4.69) is 14.0 Å². The smallest absolute Gasteiger partial charge is 0.484 e. The maximum atomic E-state index is 14.4. The predicted molar refractivity (Wildman–Crippen MR) is 101 cm³/mol. The summed E-state index contributed by atoms with van der Waals surface area (Å²) < 4.78 is 181. The van der Waals surface area contributed by atoms with Crippen molar-refractivity contribution in [3.8, 4) is 17.2 Å². The maximum Gasteiger partial charge on any atom is 0.864 e. The largest absolute Gasteiger partial charge is 0.864 e. The summed E-state index contributed by atoms with van der Waals surface area (Å²) in [7, 11) is -3.25. The molecule has 3 aromatic rings. The third kappa shape index (κ3) is 4.59. The quantitative estimate of drug-likeness (QED) is 0.147. The van der Waals surface area contributed by atoms with Crippen molar-refractivity contribution in [2.45, 2.75) is 20.8 Å². The van der Waals surface area contributed by atoms with E-state index >= 15 is 0 Å². The lowest BCUT2D eigenvalue weighted by Gasteiger charge is -2.20. The highest BCUT2D eigenvalue weighted by Crippen LogP contribution is 2.35. The summed E-state index contributed by atoms with van der Waals surface area (Å²) in [5.41, 5.74) is -3.68. The van der Waals surface area contributed by atoms with Gasteiger partial charge in [-0.3, -0.25) is 0 Å². The van der Waals surface area contributed by atoms with Gasteiger partial charge in [0.25, 0.3) is 0 Å². The molecule has 0 aromatic heterocycles. The Morgan fingerprint density at radius 3 is 0.757 bits per heavy atom. The number of halogens is 12. The normalized spacial score (nSPS) is 11.1. The van der Waals surface area contributed by atoms with Gasteiger partial charge >= 0.3 is 7.32 Å². The van der Waals surface area contributed by atoms with Gasteiger partial charge in [0.2, 0.25) is 17.5 Å². The van der Waals surface area contributed by atoms with Crippen LogP contribution in [0.4, 0.5) is 52.7 Å². The lowest BCUT2D eigenvalue weighted by atomic mass is 10.1. The van der Waals surface area contributed by atoms with Crippen LogP contribution in [0.3, 0.4) is 0 Å². The van der Waals surface area contributed by atoms with E-state index in [1.165, 1.54) is 0 Å². The van der Waals surface area contributed by atoms with E-state index in [9.17, 15) is 52.7 Å². The second kappa shape index (κ2) is 9.97. The molecule has 0 radical (unpaired) electrons. The molecule has 0 aliphatic heterocycles. The molecule has 0 fully saturated rings. The molecule has 37 heavy (non-hydrogen) atoms. The molecule has 0 bridgehead atoms. The molecule has 0 heterocycles. The van der Waals surface area contributed by atoms with Crippen LogP contribution in [0.2, 0.25) is 0 Å². The van der Waals surface area contributed by atoms with Crippen molar-refractivity contribution >= 4 is 7.32 Å². The minimum atomic E-state index is -3.25. The van der Waals surface area contributed by atoms with E-state index in [0.717, 1.165) is 0 Å². The van der Waals surface area contributed by atoms with Crippen molar-refractivity contribution in [1.82, 2.24) is 0 Å². The maximum absolute atomic E-state index is 14.4. The number of hydrogen-bond acceptors (Lipinski definition) is 3. The van der Waals surface area contributed by atoms with Gasteiger partial charge < -0.3 is 14.0 Å². The average Bonchev–Trinajstić information content (AvgIpc) is 2.88. The van der Waals surface area contributed by atoms with Crippen LogP contribution in [0.25, 0.3) is 0 Å². The second-order valence-corrected chi connectivity index (χ2v) is 7.27. The molecule has 16 heteroatoms. The first kappa shape index (κ1) is 27.9. The Morgan fingerprint density at radius 2 is 0.541 bits per heavy atom. The van der Waals surface area contributed by atoms with Gasteiger partial charge in [-0.05, 0) is 20.8 Å². The molecule has 0 aliphatic rings. The summed E-state index contributed by atoms with van der Waals surface area (Å²) in [6, 6.07) is 0. The molecular weight excluding hydrogens is 539 g/mol. The van der Waals surface area contributed by atoms with Gasteiger partial charge in [0.1, 0.15) is 0 Å². The monoisotopic (exact) mass is 548 g/mol. The number of rotatable bonds is 6. The topological polar surface area (TPSA) is 27.7 Å². The Kier molecular flexibility index (Phi) is 7.51. The Hall–Kier alpha value is -3.72. The van der Waals surface area contributed by atoms with E-state index in [1.54, 1.807) is 0 Å². The van der Waals surface area contributed by atoms with Crippen molar-refractivity contribution < 1.29 is 66.6 Å². The van der Waals surface area contributed by atoms with E-state index < -0.39 is 111 Å². The van der Waals surface area contributed by atoms with Crippen LogP contribution in [0.15, 0.2) is 0 Å². The van der Waals surface area contributed by atoms with Crippen LogP contribution >= 0.6 is 0 Å². The first-order chi connectivity index (χ1) is 17.1. The molecule has 3 aromatic carbocycles. The molecule has 0 amide bonds. The third-order valence-electron chi connectivity index (χ3n) is 4.97. The van der Waals surface area contributed by atoms with Gasteiger partial charge in [-0.15, -0.1) is 0 Å². The molecule has 0 saturated heterocycles.